The van der Waals surface area contributed by atoms with Crippen LogP contribution in [0, 0.1) is 17.3 Å². The Hall–Kier alpha value is -1.06. The normalized spacial score (nSPS) is 20.8. The van der Waals surface area contributed by atoms with E-state index in [-0.39, 0.29) is 23.7 Å². The van der Waals surface area contributed by atoms with E-state index in [0.29, 0.717) is 0 Å². The smallest absolute Gasteiger partial charge is 0.224 e. The van der Waals surface area contributed by atoms with Gasteiger partial charge >= 0.3 is 0 Å². The van der Waals surface area contributed by atoms with Crippen LogP contribution in [0.15, 0.2) is 0 Å². The standard InChI is InChI=1S/C12H22N2O2/c1-8(2)9(10(15)14-3)12(11(13)16)6-4-5-7-12/h8-9H,4-7H2,1-3H3,(H2,13,16)(H,14,15). The Morgan fingerprint density at radius 3 is 2.06 bits per heavy atom. The van der Waals surface area contributed by atoms with E-state index in [2.05, 4.69) is 5.32 Å². The van der Waals surface area contributed by atoms with Crippen LogP contribution in [0.3, 0.4) is 0 Å². The van der Waals surface area contributed by atoms with Crippen molar-refractivity contribution in [2.45, 2.75) is 39.5 Å². The van der Waals surface area contributed by atoms with Gasteiger partial charge in [0.1, 0.15) is 0 Å². The van der Waals surface area contributed by atoms with Crippen molar-refractivity contribution in [3.8, 4) is 0 Å². The quantitative estimate of drug-likeness (QED) is 0.752. The molecule has 0 aromatic heterocycles. The lowest BCUT2D eigenvalue weighted by molar-refractivity contribution is -0.142. The summed E-state index contributed by atoms with van der Waals surface area (Å²) in [5, 5.41) is 2.66. The van der Waals surface area contributed by atoms with Gasteiger partial charge in [0, 0.05) is 7.05 Å². The van der Waals surface area contributed by atoms with Gasteiger partial charge < -0.3 is 11.1 Å². The molecule has 4 heteroatoms. The van der Waals surface area contributed by atoms with Crippen molar-refractivity contribution >= 4 is 11.8 Å². The fraction of sp³-hybridized carbons (Fsp3) is 0.833. The highest BCUT2D eigenvalue weighted by atomic mass is 16.2. The predicted octanol–water partition coefficient (Wildman–Crippen LogP) is 1.05. The minimum absolute atomic E-state index is 0.0595. The molecule has 1 rings (SSSR count). The summed E-state index contributed by atoms with van der Waals surface area (Å²) in [6.07, 6.45) is 3.48. The first kappa shape index (κ1) is 13.0. The second kappa shape index (κ2) is 4.85. The van der Waals surface area contributed by atoms with Gasteiger partial charge in [-0.15, -0.1) is 0 Å². The minimum Gasteiger partial charge on any atom is -0.369 e. The number of primary amides is 1. The van der Waals surface area contributed by atoms with E-state index in [1.807, 2.05) is 13.8 Å². The Kier molecular flexibility index (Phi) is 3.94. The zero-order valence-corrected chi connectivity index (χ0v) is 10.4. The molecule has 0 spiro atoms. The van der Waals surface area contributed by atoms with Crippen LogP contribution in [0.2, 0.25) is 0 Å². The van der Waals surface area contributed by atoms with Crippen LogP contribution in [0.5, 0.6) is 0 Å². The van der Waals surface area contributed by atoms with Crippen LogP contribution in [0.1, 0.15) is 39.5 Å². The first-order valence-electron chi connectivity index (χ1n) is 5.97. The summed E-state index contributed by atoms with van der Waals surface area (Å²) in [5.74, 6) is -0.536. The molecule has 1 fully saturated rings. The number of rotatable bonds is 4. The van der Waals surface area contributed by atoms with Crippen molar-refractivity contribution in [1.82, 2.24) is 5.32 Å². The van der Waals surface area contributed by atoms with Gasteiger partial charge in [0.05, 0.1) is 11.3 Å². The summed E-state index contributed by atoms with van der Waals surface area (Å²) < 4.78 is 0. The fourth-order valence-corrected chi connectivity index (χ4v) is 3.06. The van der Waals surface area contributed by atoms with Gasteiger partial charge in [-0.2, -0.15) is 0 Å². The van der Waals surface area contributed by atoms with Gasteiger partial charge in [0.15, 0.2) is 0 Å². The number of hydrogen-bond acceptors (Lipinski definition) is 2. The molecule has 0 aromatic rings. The molecule has 0 aromatic carbocycles. The average Bonchev–Trinajstić information content (AvgIpc) is 2.67. The van der Waals surface area contributed by atoms with Crippen LogP contribution in [0.25, 0.3) is 0 Å². The molecule has 1 unspecified atom stereocenters. The van der Waals surface area contributed by atoms with Crippen molar-refractivity contribution in [1.29, 1.82) is 0 Å². The van der Waals surface area contributed by atoms with Crippen LogP contribution < -0.4 is 11.1 Å². The maximum Gasteiger partial charge on any atom is 0.224 e. The van der Waals surface area contributed by atoms with E-state index in [1.54, 1.807) is 7.05 Å². The maximum absolute atomic E-state index is 11.9. The molecule has 1 aliphatic rings. The molecular weight excluding hydrogens is 204 g/mol. The minimum atomic E-state index is -0.617. The zero-order valence-electron chi connectivity index (χ0n) is 10.4. The highest BCUT2D eigenvalue weighted by Crippen LogP contribution is 2.47. The Bertz CT molecular complexity index is 281. The third-order valence-corrected chi connectivity index (χ3v) is 3.78. The zero-order chi connectivity index (χ0) is 12.3. The molecule has 92 valence electrons. The van der Waals surface area contributed by atoms with Crippen LogP contribution in [-0.4, -0.2) is 18.9 Å². The molecule has 1 saturated carbocycles. The number of nitrogens with one attached hydrogen (secondary N) is 1. The second-order valence-electron chi connectivity index (χ2n) is 5.06. The van der Waals surface area contributed by atoms with Crippen molar-refractivity contribution in [3.05, 3.63) is 0 Å². The van der Waals surface area contributed by atoms with E-state index >= 15 is 0 Å². The Morgan fingerprint density at radius 2 is 1.75 bits per heavy atom. The Labute approximate surface area is 97.0 Å². The van der Waals surface area contributed by atoms with E-state index in [1.165, 1.54) is 0 Å². The van der Waals surface area contributed by atoms with Crippen molar-refractivity contribution in [2.24, 2.45) is 23.0 Å². The highest BCUT2D eigenvalue weighted by molar-refractivity contribution is 5.90. The first-order valence-corrected chi connectivity index (χ1v) is 5.97. The van der Waals surface area contributed by atoms with Gasteiger partial charge in [-0.25, -0.2) is 0 Å². The largest absolute Gasteiger partial charge is 0.369 e. The Morgan fingerprint density at radius 1 is 1.25 bits per heavy atom. The molecule has 0 bridgehead atoms. The van der Waals surface area contributed by atoms with Crippen LogP contribution in [-0.2, 0) is 9.59 Å². The number of carbonyl (C=O) groups is 2. The molecule has 0 radical (unpaired) electrons. The summed E-state index contributed by atoms with van der Waals surface area (Å²) in [6, 6.07) is 0. The molecule has 2 amide bonds. The van der Waals surface area contributed by atoms with Crippen molar-refractivity contribution < 1.29 is 9.59 Å². The number of carbonyl (C=O) groups excluding carboxylic acids is 2. The molecule has 4 nitrogen and oxygen atoms in total. The van der Waals surface area contributed by atoms with Crippen molar-refractivity contribution in [2.75, 3.05) is 7.05 Å². The molecule has 1 aliphatic carbocycles. The maximum atomic E-state index is 11.9. The number of hydrogen-bond donors (Lipinski definition) is 2. The summed E-state index contributed by atoms with van der Waals surface area (Å²) >= 11 is 0. The first-order chi connectivity index (χ1) is 7.45. The predicted molar refractivity (Wildman–Crippen MR) is 62.5 cm³/mol. The number of nitrogens with two attached hydrogens (primary N) is 1. The van der Waals surface area contributed by atoms with Gasteiger partial charge in [0.2, 0.25) is 11.8 Å². The molecule has 1 atom stereocenters. The van der Waals surface area contributed by atoms with Gasteiger partial charge in [0.25, 0.3) is 0 Å². The van der Waals surface area contributed by atoms with Crippen LogP contribution >= 0.6 is 0 Å². The van der Waals surface area contributed by atoms with E-state index < -0.39 is 5.41 Å². The molecule has 0 aliphatic heterocycles. The third kappa shape index (κ3) is 2.06. The lowest BCUT2D eigenvalue weighted by atomic mass is 9.68. The summed E-state index contributed by atoms with van der Waals surface area (Å²) in [6.45, 7) is 3.95. The van der Waals surface area contributed by atoms with Crippen LogP contribution in [0.4, 0.5) is 0 Å². The van der Waals surface area contributed by atoms with Gasteiger partial charge in [-0.05, 0) is 18.8 Å². The topological polar surface area (TPSA) is 72.2 Å². The number of amides is 2. The average molecular weight is 226 g/mol. The highest BCUT2D eigenvalue weighted by Gasteiger charge is 2.50. The van der Waals surface area contributed by atoms with E-state index in [4.69, 9.17) is 5.73 Å². The lowest BCUT2D eigenvalue weighted by Gasteiger charge is -2.36. The fourth-order valence-electron chi connectivity index (χ4n) is 3.06. The third-order valence-electron chi connectivity index (χ3n) is 3.78. The van der Waals surface area contributed by atoms with Gasteiger partial charge in [-0.1, -0.05) is 26.7 Å². The molecule has 16 heavy (non-hydrogen) atoms. The van der Waals surface area contributed by atoms with Crippen molar-refractivity contribution in [3.63, 3.8) is 0 Å². The second-order valence-corrected chi connectivity index (χ2v) is 5.06. The molecule has 0 heterocycles. The summed E-state index contributed by atoms with van der Waals surface area (Å²) in [7, 11) is 1.61. The molecular formula is C12H22N2O2. The molecule has 3 N–H and O–H groups in total. The SMILES string of the molecule is CNC(=O)C(C(C)C)C1(C(N)=O)CCCC1. The lowest BCUT2D eigenvalue weighted by Crippen LogP contribution is -2.49. The summed E-state index contributed by atoms with van der Waals surface area (Å²) in [5.41, 5.74) is 4.93. The summed E-state index contributed by atoms with van der Waals surface area (Å²) in [4.78, 5) is 23.7. The van der Waals surface area contributed by atoms with E-state index in [0.717, 1.165) is 25.7 Å². The molecule has 0 saturated heterocycles. The Balaban J connectivity index is 3.06. The monoisotopic (exact) mass is 226 g/mol. The van der Waals surface area contributed by atoms with Gasteiger partial charge in [-0.3, -0.25) is 9.59 Å². The van der Waals surface area contributed by atoms with E-state index in [9.17, 15) is 9.59 Å².